The highest BCUT2D eigenvalue weighted by atomic mass is 15.1. The Morgan fingerprint density at radius 2 is 1.85 bits per heavy atom. The molecular weight excluding hydrogens is 246 g/mol. The molecule has 0 saturated carbocycles. The molecule has 2 aromatic carbocycles. The summed E-state index contributed by atoms with van der Waals surface area (Å²) in [5.74, 6) is 1.30. The number of rotatable bonds is 3. The average Bonchev–Trinajstić information content (AvgIpc) is 2.79. The molecule has 0 atom stereocenters. The Morgan fingerprint density at radius 1 is 1.10 bits per heavy atom. The van der Waals surface area contributed by atoms with Crippen LogP contribution in [0.2, 0.25) is 0 Å². The zero-order valence-electron chi connectivity index (χ0n) is 11.9. The smallest absolute Gasteiger partial charge is 0.131 e. The molecule has 0 aliphatic carbocycles. The Hall–Kier alpha value is -2.29. The first-order valence-corrected chi connectivity index (χ1v) is 6.95. The summed E-state index contributed by atoms with van der Waals surface area (Å²) in [6, 6.07) is 14.7. The maximum atomic E-state index is 6.23. The third kappa shape index (κ3) is 2.27. The Balaban J connectivity index is 2.04. The van der Waals surface area contributed by atoms with Crippen LogP contribution in [-0.2, 0) is 6.54 Å². The first kappa shape index (κ1) is 12.7. The van der Waals surface area contributed by atoms with Crippen molar-refractivity contribution in [1.82, 2.24) is 9.55 Å². The van der Waals surface area contributed by atoms with Crippen LogP contribution in [0.3, 0.4) is 0 Å². The van der Waals surface area contributed by atoms with Gasteiger partial charge >= 0.3 is 0 Å². The van der Waals surface area contributed by atoms with Gasteiger partial charge in [0.05, 0.1) is 6.33 Å². The van der Waals surface area contributed by atoms with Gasteiger partial charge in [-0.2, -0.15) is 0 Å². The molecule has 0 aliphatic rings. The summed E-state index contributed by atoms with van der Waals surface area (Å²) in [5, 5.41) is 2.44. The van der Waals surface area contributed by atoms with Gasteiger partial charge in [-0.25, -0.2) is 4.98 Å². The van der Waals surface area contributed by atoms with Crippen molar-refractivity contribution < 1.29 is 0 Å². The van der Waals surface area contributed by atoms with Crippen LogP contribution < -0.4 is 5.73 Å². The summed E-state index contributed by atoms with van der Waals surface area (Å²) in [6.07, 6.45) is 1.83. The molecule has 0 saturated heterocycles. The van der Waals surface area contributed by atoms with E-state index in [0.29, 0.717) is 5.92 Å². The monoisotopic (exact) mass is 265 g/mol. The summed E-state index contributed by atoms with van der Waals surface area (Å²) in [5.41, 5.74) is 8.17. The minimum Gasteiger partial charge on any atom is -0.383 e. The second-order valence-corrected chi connectivity index (χ2v) is 5.59. The number of nitrogens with zero attached hydrogens (tertiary/aromatic N) is 2. The Labute approximate surface area is 119 Å². The summed E-state index contributed by atoms with van der Waals surface area (Å²) in [7, 11) is 0. The molecule has 3 aromatic rings. The van der Waals surface area contributed by atoms with E-state index in [1.165, 1.54) is 10.8 Å². The van der Waals surface area contributed by atoms with E-state index in [1.807, 2.05) is 23.0 Å². The van der Waals surface area contributed by atoms with E-state index in [2.05, 4.69) is 49.2 Å². The average molecular weight is 265 g/mol. The van der Waals surface area contributed by atoms with Crippen LogP contribution >= 0.6 is 0 Å². The van der Waals surface area contributed by atoms with Gasteiger partial charge in [0.1, 0.15) is 11.5 Å². The summed E-state index contributed by atoms with van der Waals surface area (Å²) in [4.78, 5) is 4.48. The highest BCUT2D eigenvalue weighted by Crippen LogP contribution is 2.27. The van der Waals surface area contributed by atoms with Crippen molar-refractivity contribution in [3.8, 4) is 11.3 Å². The zero-order valence-corrected chi connectivity index (χ0v) is 11.9. The number of nitrogens with two attached hydrogens (primary N) is 1. The molecule has 0 bridgehead atoms. The number of aromatic nitrogens is 2. The number of hydrogen-bond acceptors (Lipinski definition) is 2. The molecule has 0 radical (unpaired) electrons. The van der Waals surface area contributed by atoms with Crippen LogP contribution in [-0.4, -0.2) is 9.55 Å². The van der Waals surface area contributed by atoms with E-state index < -0.39 is 0 Å². The zero-order chi connectivity index (χ0) is 14.1. The molecule has 1 aromatic heterocycles. The van der Waals surface area contributed by atoms with Crippen molar-refractivity contribution in [1.29, 1.82) is 0 Å². The molecule has 0 amide bonds. The van der Waals surface area contributed by atoms with E-state index in [1.54, 1.807) is 0 Å². The number of benzene rings is 2. The Bertz CT molecular complexity index is 741. The van der Waals surface area contributed by atoms with Crippen molar-refractivity contribution in [2.45, 2.75) is 20.4 Å². The molecule has 1 heterocycles. The van der Waals surface area contributed by atoms with Gasteiger partial charge in [0, 0.05) is 12.1 Å². The minimum atomic E-state index is 0.552. The summed E-state index contributed by atoms with van der Waals surface area (Å²) < 4.78 is 2.02. The van der Waals surface area contributed by atoms with E-state index in [0.717, 1.165) is 23.6 Å². The van der Waals surface area contributed by atoms with Crippen molar-refractivity contribution in [3.05, 3.63) is 48.8 Å². The molecule has 0 spiro atoms. The fourth-order valence-electron chi connectivity index (χ4n) is 2.49. The Kier molecular flexibility index (Phi) is 3.18. The predicted molar refractivity (Wildman–Crippen MR) is 84.4 cm³/mol. The van der Waals surface area contributed by atoms with E-state index in [-0.39, 0.29) is 0 Å². The number of nitrogen functional groups attached to an aromatic ring is 1. The van der Waals surface area contributed by atoms with Gasteiger partial charge in [0.15, 0.2) is 0 Å². The highest BCUT2D eigenvalue weighted by Gasteiger charge is 2.11. The molecule has 20 heavy (non-hydrogen) atoms. The number of anilines is 1. The van der Waals surface area contributed by atoms with Gasteiger partial charge in [-0.05, 0) is 22.8 Å². The van der Waals surface area contributed by atoms with Crippen LogP contribution in [0.1, 0.15) is 13.8 Å². The van der Waals surface area contributed by atoms with Gasteiger partial charge in [-0.3, -0.25) is 0 Å². The molecule has 3 nitrogen and oxygen atoms in total. The molecule has 2 N–H and O–H groups in total. The van der Waals surface area contributed by atoms with Gasteiger partial charge < -0.3 is 10.3 Å². The highest BCUT2D eigenvalue weighted by molar-refractivity contribution is 5.88. The van der Waals surface area contributed by atoms with E-state index >= 15 is 0 Å². The summed E-state index contributed by atoms with van der Waals surface area (Å²) in [6.45, 7) is 5.25. The van der Waals surface area contributed by atoms with Crippen LogP contribution in [0.5, 0.6) is 0 Å². The fraction of sp³-hybridized carbons (Fsp3) is 0.235. The first-order valence-electron chi connectivity index (χ1n) is 6.95. The van der Waals surface area contributed by atoms with Gasteiger partial charge in [0.2, 0.25) is 0 Å². The van der Waals surface area contributed by atoms with E-state index in [9.17, 15) is 0 Å². The standard InChI is InChI=1S/C17H19N3/c1-12(2)10-20-11-19-16(17(20)18)15-8-7-13-5-3-4-6-14(13)9-15/h3-9,11-12H,10,18H2,1-2H3. The lowest BCUT2D eigenvalue weighted by atomic mass is 10.1. The van der Waals surface area contributed by atoms with Gasteiger partial charge in [0.25, 0.3) is 0 Å². The molecule has 0 aliphatic heterocycles. The van der Waals surface area contributed by atoms with Crippen LogP contribution in [0.4, 0.5) is 5.82 Å². The minimum absolute atomic E-state index is 0.552. The summed E-state index contributed by atoms with van der Waals surface area (Å²) >= 11 is 0. The number of imidazole rings is 1. The third-order valence-corrected chi connectivity index (χ3v) is 3.46. The second-order valence-electron chi connectivity index (χ2n) is 5.59. The number of hydrogen-bond donors (Lipinski definition) is 1. The van der Waals surface area contributed by atoms with Crippen molar-refractivity contribution in [3.63, 3.8) is 0 Å². The largest absolute Gasteiger partial charge is 0.383 e. The normalized spacial score (nSPS) is 11.3. The molecule has 0 fully saturated rings. The maximum Gasteiger partial charge on any atom is 0.131 e. The van der Waals surface area contributed by atoms with Crippen molar-refractivity contribution in [2.24, 2.45) is 5.92 Å². The van der Waals surface area contributed by atoms with Crippen LogP contribution in [0.15, 0.2) is 48.8 Å². The fourth-order valence-corrected chi connectivity index (χ4v) is 2.49. The SMILES string of the molecule is CC(C)Cn1cnc(-c2ccc3ccccc3c2)c1N. The van der Waals surface area contributed by atoms with Gasteiger partial charge in [-0.1, -0.05) is 50.2 Å². The van der Waals surface area contributed by atoms with E-state index in [4.69, 9.17) is 5.73 Å². The van der Waals surface area contributed by atoms with Crippen LogP contribution in [0.25, 0.3) is 22.0 Å². The molecule has 102 valence electrons. The van der Waals surface area contributed by atoms with Crippen LogP contribution in [0, 0.1) is 5.92 Å². The van der Waals surface area contributed by atoms with Gasteiger partial charge in [-0.15, -0.1) is 0 Å². The maximum absolute atomic E-state index is 6.23. The lowest BCUT2D eigenvalue weighted by Gasteiger charge is -2.08. The number of fused-ring (bicyclic) bond motifs is 1. The molecular formula is C17H19N3. The second kappa shape index (κ2) is 5.00. The molecule has 0 unspecified atom stereocenters. The third-order valence-electron chi connectivity index (χ3n) is 3.46. The van der Waals surface area contributed by atoms with Crippen molar-refractivity contribution in [2.75, 3.05) is 5.73 Å². The van der Waals surface area contributed by atoms with Crippen molar-refractivity contribution >= 4 is 16.6 Å². The predicted octanol–water partition coefficient (Wildman–Crippen LogP) is 3.94. The lowest BCUT2D eigenvalue weighted by molar-refractivity contribution is 0.527. The first-order chi connectivity index (χ1) is 9.65. The lowest BCUT2D eigenvalue weighted by Crippen LogP contribution is -2.06. The quantitative estimate of drug-likeness (QED) is 0.779. The topological polar surface area (TPSA) is 43.8 Å². The Morgan fingerprint density at radius 3 is 2.60 bits per heavy atom. The molecule has 3 heteroatoms. The molecule has 3 rings (SSSR count).